The topological polar surface area (TPSA) is 62.0 Å². The number of furan rings is 1. The minimum atomic E-state index is 0.547. The number of rotatable bonds is 9. The van der Waals surface area contributed by atoms with Crippen LogP contribution < -0.4 is 15.4 Å². The molecule has 1 aromatic heterocycles. The van der Waals surface area contributed by atoms with E-state index in [4.69, 9.17) is 9.15 Å². The summed E-state index contributed by atoms with van der Waals surface area (Å²) in [5.41, 5.74) is 1.07. The van der Waals surface area contributed by atoms with E-state index in [1.54, 1.807) is 6.26 Å². The van der Waals surface area contributed by atoms with Gasteiger partial charge in [-0.15, -0.1) is 0 Å². The lowest BCUT2D eigenvalue weighted by atomic mass is 10.2. The van der Waals surface area contributed by atoms with Gasteiger partial charge in [-0.05, 0) is 39.2 Å². The number of benzene rings is 1. The number of hydrogen-bond acceptors (Lipinski definition) is 4. The van der Waals surface area contributed by atoms with Crippen molar-refractivity contribution in [2.75, 3.05) is 33.8 Å². The molecule has 2 N–H and O–H groups in total. The van der Waals surface area contributed by atoms with Crippen LogP contribution in [0.2, 0.25) is 0 Å². The van der Waals surface area contributed by atoms with Crippen LogP contribution >= 0.6 is 0 Å². The molecule has 0 aliphatic carbocycles. The first kappa shape index (κ1) is 18.9. The van der Waals surface area contributed by atoms with Gasteiger partial charge in [-0.25, -0.2) is 4.99 Å². The molecule has 6 heteroatoms. The van der Waals surface area contributed by atoms with E-state index in [0.29, 0.717) is 19.7 Å². The minimum absolute atomic E-state index is 0.547. The summed E-state index contributed by atoms with van der Waals surface area (Å²) >= 11 is 0. The van der Waals surface area contributed by atoms with Crippen LogP contribution in [0.25, 0.3) is 0 Å². The van der Waals surface area contributed by atoms with Gasteiger partial charge in [0.05, 0.1) is 19.4 Å². The lowest BCUT2D eigenvalue weighted by Gasteiger charge is -2.14. The quantitative estimate of drug-likeness (QED) is 0.540. The predicted octanol–water partition coefficient (Wildman–Crippen LogP) is 2.48. The van der Waals surface area contributed by atoms with Crippen molar-refractivity contribution in [3.05, 3.63) is 54.0 Å². The Labute approximate surface area is 149 Å². The molecule has 0 saturated heterocycles. The number of ether oxygens (including phenoxy) is 1. The second kappa shape index (κ2) is 10.4. The van der Waals surface area contributed by atoms with Gasteiger partial charge < -0.3 is 24.7 Å². The van der Waals surface area contributed by atoms with Crippen molar-refractivity contribution in [2.24, 2.45) is 4.99 Å². The Kier molecular flexibility index (Phi) is 7.85. The van der Waals surface area contributed by atoms with E-state index in [2.05, 4.69) is 20.5 Å². The second-order valence-corrected chi connectivity index (χ2v) is 5.89. The fraction of sp³-hybridized carbons (Fsp3) is 0.421. The molecule has 0 aliphatic heterocycles. The van der Waals surface area contributed by atoms with E-state index < -0.39 is 0 Å². The van der Waals surface area contributed by atoms with Gasteiger partial charge in [-0.2, -0.15) is 0 Å². The third-order valence-corrected chi connectivity index (χ3v) is 3.53. The zero-order valence-electron chi connectivity index (χ0n) is 15.3. The highest BCUT2D eigenvalue weighted by molar-refractivity contribution is 5.79. The van der Waals surface area contributed by atoms with E-state index in [-0.39, 0.29) is 0 Å². The van der Waals surface area contributed by atoms with Gasteiger partial charge >= 0.3 is 0 Å². The maximum absolute atomic E-state index is 5.89. The van der Waals surface area contributed by atoms with Gasteiger partial charge in [0, 0.05) is 18.7 Å². The summed E-state index contributed by atoms with van der Waals surface area (Å²) in [6.07, 6.45) is 1.67. The number of para-hydroxylation sites is 1. The van der Waals surface area contributed by atoms with Crippen LogP contribution in [0, 0.1) is 0 Å². The Morgan fingerprint density at radius 2 is 2.00 bits per heavy atom. The molecule has 1 heterocycles. The van der Waals surface area contributed by atoms with E-state index in [0.717, 1.165) is 36.1 Å². The molecule has 25 heavy (non-hydrogen) atoms. The van der Waals surface area contributed by atoms with Gasteiger partial charge in [0.1, 0.15) is 18.1 Å². The van der Waals surface area contributed by atoms with Crippen molar-refractivity contribution < 1.29 is 9.15 Å². The molecule has 0 aliphatic rings. The highest BCUT2D eigenvalue weighted by Gasteiger charge is 2.05. The van der Waals surface area contributed by atoms with Crippen molar-refractivity contribution >= 4 is 5.96 Å². The maximum Gasteiger partial charge on any atom is 0.191 e. The first-order valence-corrected chi connectivity index (χ1v) is 8.59. The summed E-state index contributed by atoms with van der Waals surface area (Å²) in [4.78, 5) is 6.75. The largest absolute Gasteiger partial charge is 0.492 e. The summed E-state index contributed by atoms with van der Waals surface area (Å²) in [6.45, 7) is 5.52. The molecule has 136 valence electrons. The molecule has 2 rings (SSSR count). The molecule has 1 aromatic carbocycles. The third kappa shape index (κ3) is 6.89. The molecule has 0 radical (unpaired) electrons. The number of hydrogen-bond donors (Lipinski definition) is 2. The fourth-order valence-electron chi connectivity index (χ4n) is 2.20. The van der Waals surface area contributed by atoms with Crippen molar-refractivity contribution in [1.29, 1.82) is 0 Å². The van der Waals surface area contributed by atoms with Crippen LogP contribution in [0.3, 0.4) is 0 Å². The summed E-state index contributed by atoms with van der Waals surface area (Å²) in [6, 6.07) is 11.8. The van der Waals surface area contributed by atoms with Crippen LogP contribution in [0.15, 0.2) is 52.1 Å². The van der Waals surface area contributed by atoms with Crippen molar-refractivity contribution in [3.63, 3.8) is 0 Å². The molecule has 6 nitrogen and oxygen atoms in total. The summed E-state index contributed by atoms with van der Waals surface area (Å²) < 4.78 is 11.2. The molecule has 0 fully saturated rings. The normalized spacial score (nSPS) is 11.6. The molecule has 0 saturated carbocycles. The van der Waals surface area contributed by atoms with Crippen LogP contribution in [0.1, 0.15) is 18.2 Å². The lowest BCUT2D eigenvalue weighted by molar-refractivity contribution is 0.259. The van der Waals surface area contributed by atoms with Gasteiger partial charge in [0.25, 0.3) is 0 Å². The van der Waals surface area contributed by atoms with Crippen LogP contribution in [0.4, 0.5) is 0 Å². The van der Waals surface area contributed by atoms with Crippen LogP contribution in [0.5, 0.6) is 5.75 Å². The standard InChI is InChI=1S/C19H28N4O2/c1-4-20-19(22-15-17-9-7-12-24-17)21-14-16-8-5-6-10-18(16)25-13-11-23(2)3/h5-10,12H,4,11,13-15H2,1-3H3,(H2,20,21,22). The average Bonchev–Trinajstić information content (AvgIpc) is 3.11. The van der Waals surface area contributed by atoms with Gasteiger partial charge in [-0.1, -0.05) is 18.2 Å². The molecule has 0 atom stereocenters. The Balaban J connectivity index is 1.96. The number of aliphatic imine (C=N–C) groups is 1. The van der Waals surface area contributed by atoms with Gasteiger partial charge in [-0.3, -0.25) is 0 Å². The Morgan fingerprint density at radius 1 is 1.16 bits per heavy atom. The Hall–Kier alpha value is -2.47. The first-order chi connectivity index (χ1) is 12.2. The molecule has 0 unspecified atom stereocenters. The third-order valence-electron chi connectivity index (χ3n) is 3.53. The number of nitrogens with one attached hydrogen (secondary N) is 2. The van der Waals surface area contributed by atoms with Crippen LogP contribution in [-0.4, -0.2) is 44.7 Å². The van der Waals surface area contributed by atoms with E-state index in [1.807, 2.05) is 57.4 Å². The Bertz CT molecular complexity index is 639. The maximum atomic E-state index is 5.89. The molecule has 0 bridgehead atoms. The summed E-state index contributed by atoms with van der Waals surface area (Å²) in [5.74, 6) is 2.51. The second-order valence-electron chi connectivity index (χ2n) is 5.89. The number of nitrogens with zero attached hydrogens (tertiary/aromatic N) is 2. The van der Waals surface area contributed by atoms with E-state index >= 15 is 0 Å². The summed E-state index contributed by atoms with van der Waals surface area (Å²) in [5, 5.41) is 6.51. The van der Waals surface area contributed by atoms with Crippen molar-refractivity contribution in [1.82, 2.24) is 15.5 Å². The van der Waals surface area contributed by atoms with E-state index in [9.17, 15) is 0 Å². The zero-order valence-corrected chi connectivity index (χ0v) is 15.3. The molecule has 2 aromatic rings. The SMILES string of the molecule is CCNC(=NCc1ccccc1OCCN(C)C)NCc1ccco1. The minimum Gasteiger partial charge on any atom is -0.492 e. The van der Waals surface area contributed by atoms with Gasteiger partial charge in [0.15, 0.2) is 5.96 Å². The smallest absolute Gasteiger partial charge is 0.191 e. The average molecular weight is 344 g/mol. The monoisotopic (exact) mass is 344 g/mol. The molecular formula is C19H28N4O2. The van der Waals surface area contributed by atoms with Crippen molar-refractivity contribution in [2.45, 2.75) is 20.0 Å². The van der Waals surface area contributed by atoms with Crippen LogP contribution in [-0.2, 0) is 13.1 Å². The molecular weight excluding hydrogens is 316 g/mol. The van der Waals surface area contributed by atoms with E-state index in [1.165, 1.54) is 0 Å². The zero-order chi connectivity index (χ0) is 17.9. The highest BCUT2D eigenvalue weighted by atomic mass is 16.5. The lowest BCUT2D eigenvalue weighted by Crippen LogP contribution is -2.36. The van der Waals surface area contributed by atoms with Gasteiger partial charge in [0.2, 0.25) is 0 Å². The fourth-order valence-corrected chi connectivity index (χ4v) is 2.20. The highest BCUT2D eigenvalue weighted by Crippen LogP contribution is 2.18. The predicted molar refractivity (Wildman–Crippen MR) is 101 cm³/mol. The number of likely N-dealkylation sites (N-methyl/N-ethyl adjacent to an activating group) is 1. The molecule has 0 spiro atoms. The first-order valence-electron chi connectivity index (χ1n) is 8.59. The summed E-state index contributed by atoms with van der Waals surface area (Å²) in [7, 11) is 4.07. The van der Waals surface area contributed by atoms with Crippen molar-refractivity contribution in [3.8, 4) is 5.75 Å². The molecule has 0 amide bonds. The number of guanidine groups is 1. The Morgan fingerprint density at radius 3 is 2.72 bits per heavy atom.